The number of nitrogens with two attached hydrogens (primary N) is 1. The number of carboxylic acids is 1. The Hall–Kier alpha value is -3.98. The third kappa shape index (κ3) is 4.50. The van der Waals surface area contributed by atoms with Crippen LogP contribution >= 0.6 is 11.6 Å². The number of amides is 1. The highest BCUT2D eigenvalue weighted by Crippen LogP contribution is 2.45. The maximum Gasteiger partial charge on any atom is 0.309 e. The number of benzene rings is 2. The van der Waals surface area contributed by atoms with Gasteiger partial charge in [-0.25, -0.2) is 9.97 Å². The Kier molecular flexibility index (Phi) is 6.58. The van der Waals surface area contributed by atoms with Crippen LogP contribution in [0, 0.1) is 5.41 Å². The van der Waals surface area contributed by atoms with Crippen molar-refractivity contribution in [2.45, 2.75) is 58.9 Å². The first-order valence-electron chi connectivity index (χ1n) is 12.9. The van der Waals surface area contributed by atoms with E-state index in [-0.39, 0.29) is 11.7 Å². The predicted molar refractivity (Wildman–Crippen MR) is 152 cm³/mol. The largest absolute Gasteiger partial charge is 0.481 e. The Balaban J connectivity index is 1.55. The van der Waals surface area contributed by atoms with E-state index in [9.17, 15) is 14.7 Å². The first-order valence-corrected chi connectivity index (χ1v) is 13.3. The standard InChI is InChI=1S/C29H31ClN6O3/c1-5-6-13-36-20-14-18(30)11-12-19(20)22(35-36)25-32-23(31)21-24(33-25)34-26(37)29(21,4)17-9-7-16(8-10-17)15-28(2,3)27(38)39/h7-12,14H,5-6,13,15H2,1-4H3,(H,38,39)(H3,31,32,33,34,37)/t29-/m1/s1. The molecule has 202 valence electrons. The number of nitrogens with zero attached hydrogens (tertiary/aromatic N) is 4. The van der Waals surface area contributed by atoms with Crippen LogP contribution in [0.2, 0.25) is 5.02 Å². The lowest BCUT2D eigenvalue weighted by molar-refractivity contribution is -0.146. The van der Waals surface area contributed by atoms with Crippen LogP contribution < -0.4 is 11.1 Å². The zero-order valence-corrected chi connectivity index (χ0v) is 23.1. The van der Waals surface area contributed by atoms with Crippen LogP contribution in [0.5, 0.6) is 0 Å². The fraction of sp³-hybridized carbons (Fsp3) is 0.345. The number of nitrogen functional groups attached to an aromatic ring is 1. The number of halogens is 1. The first-order chi connectivity index (χ1) is 18.5. The van der Waals surface area contributed by atoms with Crippen molar-refractivity contribution in [3.8, 4) is 11.5 Å². The summed E-state index contributed by atoms with van der Waals surface area (Å²) in [6, 6.07) is 12.9. The van der Waals surface area contributed by atoms with Crippen LogP contribution in [0.15, 0.2) is 42.5 Å². The highest BCUT2D eigenvalue weighted by Gasteiger charge is 2.47. The van der Waals surface area contributed by atoms with Crippen LogP contribution in [0.1, 0.15) is 57.2 Å². The van der Waals surface area contributed by atoms with E-state index in [1.807, 2.05) is 41.1 Å². The smallest absolute Gasteiger partial charge is 0.309 e. The maximum absolute atomic E-state index is 13.4. The Morgan fingerprint density at radius 3 is 2.56 bits per heavy atom. The fourth-order valence-electron chi connectivity index (χ4n) is 5.12. The lowest BCUT2D eigenvalue weighted by Crippen LogP contribution is -2.33. The van der Waals surface area contributed by atoms with Gasteiger partial charge in [0.15, 0.2) is 5.82 Å². The van der Waals surface area contributed by atoms with Gasteiger partial charge in [-0.3, -0.25) is 14.3 Å². The molecule has 0 saturated carbocycles. The number of unbranched alkanes of at least 4 members (excludes halogenated alkanes) is 1. The normalized spacial score (nSPS) is 16.9. The Morgan fingerprint density at radius 1 is 1.18 bits per heavy atom. The molecule has 3 heterocycles. The van der Waals surface area contributed by atoms with E-state index in [0.717, 1.165) is 35.9 Å². The average Bonchev–Trinajstić information content (AvgIpc) is 3.37. The monoisotopic (exact) mass is 546 g/mol. The Labute approximate surface area is 231 Å². The number of fused-ring (bicyclic) bond motifs is 2. The van der Waals surface area contributed by atoms with Gasteiger partial charge in [-0.15, -0.1) is 0 Å². The second-order valence-electron chi connectivity index (χ2n) is 10.9. The van der Waals surface area contributed by atoms with Gasteiger partial charge in [0.1, 0.15) is 22.7 Å². The van der Waals surface area contributed by atoms with Crippen LogP contribution in [0.4, 0.5) is 11.6 Å². The Bertz CT molecular complexity index is 1610. The molecule has 39 heavy (non-hydrogen) atoms. The summed E-state index contributed by atoms with van der Waals surface area (Å²) in [5.74, 6) is -0.262. The quantitative estimate of drug-likeness (QED) is 0.267. The van der Waals surface area contributed by atoms with Crippen molar-refractivity contribution in [1.29, 1.82) is 0 Å². The zero-order chi connectivity index (χ0) is 28.1. The molecule has 0 aliphatic carbocycles. The lowest BCUT2D eigenvalue weighted by atomic mass is 9.77. The minimum Gasteiger partial charge on any atom is -0.481 e. The van der Waals surface area contributed by atoms with Gasteiger partial charge in [0.25, 0.3) is 0 Å². The van der Waals surface area contributed by atoms with Crippen molar-refractivity contribution >= 4 is 46.0 Å². The summed E-state index contributed by atoms with van der Waals surface area (Å²) >= 11 is 6.28. The summed E-state index contributed by atoms with van der Waals surface area (Å²) in [5, 5.41) is 18.6. The van der Waals surface area contributed by atoms with Gasteiger partial charge in [-0.1, -0.05) is 49.2 Å². The topological polar surface area (TPSA) is 136 Å². The number of carbonyl (C=O) groups is 2. The average molecular weight is 547 g/mol. The number of hydrogen-bond acceptors (Lipinski definition) is 6. The van der Waals surface area contributed by atoms with Crippen molar-refractivity contribution in [1.82, 2.24) is 19.7 Å². The summed E-state index contributed by atoms with van der Waals surface area (Å²) in [6.45, 7) is 8.01. The van der Waals surface area contributed by atoms with E-state index in [2.05, 4.69) is 17.2 Å². The van der Waals surface area contributed by atoms with Gasteiger partial charge in [0.2, 0.25) is 5.91 Å². The van der Waals surface area contributed by atoms with E-state index in [1.165, 1.54) is 0 Å². The number of carboxylic acid groups (broad SMARTS) is 1. The van der Waals surface area contributed by atoms with Gasteiger partial charge in [-0.2, -0.15) is 5.10 Å². The van der Waals surface area contributed by atoms with Gasteiger partial charge in [0, 0.05) is 17.0 Å². The van der Waals surface area contributed by atoms with Gasteiger partial charge < -0.3 is 16.2 Å². The van der Waals surface area contributed by atoms with Crippen molar-refractivity contribution in [3.63, 3.8) is 0 Å². The van der Waals surface area contributed by atoms with Crippen molar-refractivity contribution in [3.05, 3.63) is 64.2 Å². The van der Waals surface area contributed by atoms with Crippen LogP contribution in [0.3, 0.4) is 0 Å². The molecule has 9 nitrogen and oxygen atoms in total. The molecule has 0 saturated heterocycles. The molecule has 0 fully saturated rings. The molecule has 2 aromatic heterocycles. The number of carbonyl (C=O) groups excluding carboxylic acids is 1. The number of rotatable bonds is 8. The second-order valence-corrected chi connectivity index (χ2v) is 11.3. The molecule has 0 bridgehead atoms. The minimum atomic E-state index is -1.12. The molecule has 4 aromatic rings. The Morgan fingerprint density at radius 2 is 1.90 bits per heavy atom. The fourth-order valence-corrected chi connectivity index (χ4v) is 5.29. The van der Waals surface area contributed by atoms with Crippen molar-refractivity contribution in [2.75, 3.05) is 11.1 Å². The number of hydrogen-bond donors (Lipinski definition) is 3. The van der Waals surface area contributed by atoms with Gasteiger partial charge >= 0.3 is 5.97 Å². The van der Waals surface area contributed by atoms with Crippen LogP contribution in [0.25, 0.3) is 22.4 Å². The molecule has 1 atom stereocenters. The lowest BCUT2D eigenvalue weighted by Gasteiger charge is -2.24. The van der Waals surface area contributed by atoms with E-state index < -0.39 is 16.8 Å². The highest BCUT2D eigenvalue weighted by atomic mass is 35.5. The van der Waals surface area contributed by atoms with Gasteiger partial charge in [0.05, 0.1) is 16.5 Å². The summed E-state index contributed by atoms with van der Waals surface area (Å²) < 4.78 is 1.91. The van der Waals surface area contributed by atoms with Crippen LogP contribution in [-0.2, 0) is 28.0 Å². The molecule has 0 radical (unpaired) electrons. The molecule has 2 aromatic carbocycles. The van der Waals surface area contributed by atoms with E-state index in [4.69, 9.17) is 27.4 Å². The molecular weight excluding hydrogens is 516 g/mol. The second kappa shape index (κ2) is 9.64. The first kappa shape index (κ1) is 26.6. The molecule has 4 N–H and O–H groups in total. The van der Waals surface area contributed by atoms with Gasteiger partial charge in [-0.05, 0) is 62.9 Å². The molecule has 1 aliphatic heterocycles. The number of aryl methyl sites for hydroxylation is 1. The van der Waals surface area contributed by atoms with Crippen LogP contribution in [-0.4, -0.2) is 36.7 Å². The van der Waals surface area contributed by atoms with E-state index in [0.29, 0.717) is 39.9 Å². The van der Waals surface area contributed by atoms with Crippen molar-refractivity contribution in [2.24, 2.45) is 5.41 Å². The van der Waals surface area contributed by atoms with E-state index in [1.54, 1.807) is 26.8 Å². The molecule has 0 unspecified atom stereocenters. The zero-order valence-electron chi connectivity index (χ0n) is 22.4. The molecule has 0 spiro atoms. The number of anilines is 2. The minimum absolute atomic E-state index is 0.192. The maximum atomic E-state index is 13.4. The predicted octanol–water partition coefficient (Wildman–Crippen LogP) is 5.44. The molecule has 1 amide bonds. The number of aromatic nitrogens is 4. The SMILES string of the molecule is CCCCn1nc(-c2nc(N)c3c(n2)NC(=O)[C@]3(C)c2ccc(CC(C)(C)C(=O)O)cc2)c2ccc(Cl)cc21. The molecule has 5 rings (SSSR count). The van der Waals surface area contributed by atoms with Crippen molar-refractivity contribution < 1.29 is 14.7 Å². The third-order valence-corrected chi connectivity index (χ3v) is 7.76. The molecule has 1 aliphatic rings. The van der Waals surface area contributed by atoms with E-state index >= 15 is 0 Å². The third-order valence-electron chi connectivity index (χ3n) is 7.53. The molecule has 10 heteroatoms. The number of aliphatic carboxylic acids is 1. The number of nitrogens with one attached hydrogen (secondary N) is 1. The summed E-state index contributed by atoms with van der Waals surface area (Å²) in [5.41, 5.74) is 8.03. The molecular formula is C29H31ClN6O3. The summed E-state index contributed by atoms with van der Waals surface area (Å²) in [7, 11) is 0. The highest BCUT2D eigenvalue weighted by molar-refractivity contribution is 6.31. The summed E-state index contributed by atoms with van der Waals surface area (Å²) in [6.07, 6.45) is 2.33. The summed E-state index contributed by atoms with van der Waals surface area (Å²) in [4.78, 5) is 34.3.